The summed E-state index contributed by atoms with van der Waals surface area (Å²) in [5.41, 5.74) is 4.21. The molecule has 1 N–H and O–H groups in total. The van der Waals surface area contributed by atoms with Crippen molar-refractivity contribution in [2.45, 2.75) is 19.9 Å². The number of aromatic nitrogens is 2. The lowest BCUT2D eigenvalue weighted by Crippen LogP contribution is -2.49. The zero-order chi connectivity index (χ0) is 23.2. The minimum Gasteiger partial charge on any atom is -0.478 e. The van der Waals surface area contributed by atoms with Crippen LogP contribution >= 0.6 is 0 Å². The number of benzene rings is 1. The molecule has 4 rings (SSSR count). The first-order valence-electron chi connectivity index (χ1n) is 10.8. The van der Waals surface area contributed by atoms with E-state index in [0.717, 1.165) is 28.9 Å². The fraction of sp³-hybridized carbons (Fsp3) is 0.280. The van der Waals surface area contributed by atoms with Crippen LogP contribution in [0, 0.1) is 6.92 Å². The van der Waals surface area contributed by atoms with E-state index in [9.17, 15) is 9.59 Å². The number of carbonyl (C=O) groups is 2. The second-order valence-electron chi connectivity index (χ2n) is 8.12. The first kappa shape index (κ1) is 22.4. The highest BCUT2D eigenvalue weighted by molar-refractivity contribution is 5.87. The van der Waals surface area contributed by atoms with Gasteiger partial charge in [0, 0.05) is 57.2 Å². The molecule has 8 heteroatoms. The van der Waals surface area contributed by atoms with Crippen molar-refractivity contribution in [1.82, 2.24) is 19.8 Å². The predicted octanol–water partition coefficient (Wildman–Crippen LogP) is 3.39. The Hall–Kier alpha value is -3.78. The molecule has 1 fully saturated rings. The summed E-state index contributed by atoms with van der Waals surface area (Å²) in [5.74, 6) is -0.468. The molecule has 1 amide bonds. The maximum absolute atomic E-state index is 12.5. The lowest BCUT2D eigenvalue weighted by molar-refractivity contribution is 0.0696. The molecule has 1 aliphatic heterocycles. The van der Waals surface area contributed by atoms with E-state index in [2.05, 4.69) is 14.9 Å². The summed E-state index contributed by atoms with van der Waals surface area (Å²) in [4.78, 5) is 36.0. The molecule has 2 aromatic heterocycles. The monoisotopic (exact) mass is 446 g/mol. The van der Waals surface area contributed by atoms with Crippen molar-refractivity contribution < 1.29 is 19.4 Å². The Morgan fingerprint density at radius 3 is 2.21 bits per heavy atom. The van der Waals surface area contributed by atoms with E-state index in [1.54, 1.807) is 17.0 Å². The van der Waals surface area contributed by atoms with Crippen LogP contribution in [-0.2, 0) is 13.0 Å². The van der Waals surface area contributed by atoms with Gasteiger partial charge in [-0.05, 0) is 48.4 Å². The second-order valence-corrected chi connectivity index (χ2v) is 8.12. The number of carboxylic acid groups (broad SMARTS) is 1. The van der Waals surface area contributed by atoms with Crippen LogP contribution < -0.4 is 4.74 Å². The number of rotatable bonds is 6. The Kier molecular flexibility index (Phi) is 6.95. The second kappa shape index (κ2) is 10.2. The molecule has 0 aliphatic carbocycles. The third kappa shape index (κ3) is 6.14. The van der Waals surface area contributed by atoms with Crippen LogP contribution in [0.3, 0.4) is 0 Å². The van der Waals surface area contributed by atoms with Crippen LogP contribution in [0.25, 0.3) is 0 Å². The van der Waals surface area contributed by atoms with Gasteiger partial charge in [0.2, 0.25) is 0 Å². The van der Waals surface area contributed by atoms with Crippen molar-refractivity contribution in [2.24, 2.45) is 0 Å². The molecule has 0 saturated carbocycles. The van der Waals surface area contributed by atoms with Gasteiger partial charge in [-0.2, -0.15) is 0 Å². The molecular weight excluding hydrogens is 420 g/mol. The maximum Gasteiger partial charge on any atom is 0.415 e. The Balaban J connectivity index is 1.24. The van der Waals surface area contributed by atoms with Gasteiger partial charge in [-0.15, -0.1) is 0 Å². The summed E-state index contributed by atoms with van der Waals surface area (Å²) < 4.78 is 5.55. The predicted molar refractivity (Wildman–Crippen MR) is 122 cm³/mol. The van der Waals surface area contributed by atoms with Gasteiger partial charge in [0.05, 0.1) is 11.3 Å². The molecule has 8 nitrogen and oxygen atoms in total. The molecule has 0 atom stereocenters. The summed E-state index contributed by atoms with van der Waals surface area (Å²) in [5, 5.41) is 8.96. The highest BCUT2D eigenvalue weighted by Gasteiger charge is 2.23. The molecule has 0 unspecified atom stereocenters. The van der Waals surface area contributed by atoms with Crippen LogP contribution in [0.15, 0.2) is 60.9 Å². The summed E-state index contributed by atoms with van der Waals surface area (Å²) in [6.07, 6.45) is 3.60. The van der Waals surface area contributed by atoms with Crippen molar-refractivity contribution in [2.75, 3.05) is 26.2 Å². The lowest BCUT2D eigenvalue weighted by Gasteiger charge is -2.33. The Morgan fingerprint density at radius 2 is 1.61 bits per heavy atom. The molecule has 170 valence electrons. The molecule has 1 aliphatic rings. The number of piperazine rings is 1. The van der Waals surface area contributed by atoms with Crippen molar-refractivity contribution in [3.8, 4) is 5.75 Å². The van der Waals surface area contributed by atoms with Gasteiger partial charge in [0.25, 0.3) is 0 Å². The smallest absolute Gasteiger partial charge is 0.415 e. The van der Waals surface area contributed by atoms with Crippen molar-refractivity contribution >= 4 is 12.1 Å². The SMILES string of the molecule is Cc1ccc(Cc2ccc(OC(=O)N3CCN(Cc4ccc(C(=O)O)cn4)CC3)cc2)nc1. The van der Waals surface area contributed by atoms with Gasteiger partial charge >= 0.3 is 12.1 Å². The Labute approximate surface area is 192 Å². The molecule has 3 aromatic rings. The largest absolute Gasteiger partial charge is 0.478 e. The normalized spacial score (nSPS) is 14.2. The highest BCUT2D eigenvalue weighted by Crippen LogP contribution is 2.17. The van der Waals surface area contributed by atoms with Gasteiger partial charge in [-0.3, -0.25) is 14.9 Å². The van der Waals surface area contributed by atoms with E-state index < -0.39 is 5.97 Å². The number of aryl methyl sites for hydroxylation is 1. The first-order chi connectivity index (χ1) is 16.0. The van der Waals surface area contributed by atoms with E-state index in [0.29, 0.717) is 38.5 Å². The Morgan fingerprint density at radius 1 is 0.909 bits per heavy atom. The first-order valence-corrected chi connectivity index (χ1v) is 10.8. The minimum atomic E-state index is -0.987. The number of pyridine rings is 2. The average Bonchev–Trinajstić information content (AvgIpc) is 2.82. The van der Waals surface area contributed by atoms with Crippen LogP contribution in [0.4, 0.5) is 4.79 Å². The number of hydrogen-bond donors (Lipinski definition) is 1. The number of nitrogens with zero attached hydrogens (tertiary/aromatic N) is 4. The topological polar surface area (TPSA) is 95.9 Å². The third-order valence-electron chi connectivity index (χ3n) is 5.57. The summed E-state index contributed by atoms with van der Waals surface area (Å²) in [6, 6.07) is 14.9. The summed E-state index contributed by atoms with van der Waals surface area (Å²) in [7, 11) is 0. The fourth-order valence-electron chi connectivity index (χ4n) is 3.62. The zero-order valence-corrected chi connectivity index (χ0v) is 18.5. The number of aromatic carboxylic acids is 1. The standard InChI is InChI=1S/C25H26N4O4/c1-18-2-6-21(26-15-18)14-19-3-8-23(9-4-19)33-25(32)29-12-10-28(11-13-29)17-22-7-5-20(16-27-22)24(30)31/h2-9,15-16H,10-14,17H2,1H3,(H,30,31). The van der Waals surface area contributed by atoms with Gasteiger partial charge in [0.1, 0.15) is 5.75 Å². The number of carbonyl (C=O) groups excluding carboxylic acids is 1. The highest BCUT2D eigenvalue weighted by atomic mass is 16.6. The van der Waals surface area contributed by atoms with E-state index in [1.807, 2.05) is 49.5 Å². The summed E-state index contributed by atoms with van der Waals surface area (Å²) in [6.45, 7) is 5.13. The molecule has 0 radical (unpaired) electrons. The molecule has 3 heterocycles. The van der Waals surface area contributed by atoms with Crippen molar-refractivity contribution in [3.05, 3.63) is 89.0 Å². The van der Waals surface area contributed by atoms with E-state index in [1.165, 1.54) is 6.20 Å². The van der Waals surface area contributed by atoms with E-state index in [-0.39, 0.29) is 11.7 Å². The molecule has 0 spiro atoms. The average molecular weight is 447 g/mol. The van der Waals surface area contributed by atoms with Gasteiger partial charge in [-0.25, -0.2) is 9.59 Å². The lowest BCUT2D eigenvalue weighted by atomic mass is 10.1. The van der Waals surface area contributed by atoms with Crippen LogP contribution in [0.5, 0.6) is 5.75 Å². The maximum atomic E-state index is 12.5. The molecular formula is C25H26N4O4. The number of hydrogen-bond acceptors (Lipinski definition) is 6. The van der Waals surface area contributed by atoms with Gasteiger partial charge < -0.3 is 14.7 Å². The van der Waals surface area contributed by atoms with E-state index >= 15 is 0 Å². The molecule has 33 heavy (non-hydrogen) atoms. The number of amides is 1. The van der Waals surface area contributed by atoms with E-state index in [4.69, 9.17) is 9.84 Å². The third-order valence-corrected chi connectivity index (χ3v) is 5.57. The van der Waals surface area contributed by atoms with Crippen LogP contribution in [0.2, 0.25) is 0 Å². The zero-order valence-electron chi connectivity index (χ0n) is 18.5. The van der Waals surface area contributed by atoms with Crippen molar-refractivity contribution in [3.63, 3.8) is 0 Å². The molecule has 1 aromatic carbocycles. The van der Waals surface area contributed by atoms with Gasteiger partial charge in [0.15, 0.2) is 0 Å². The number of carboxylic acids is 1. The van der Waals surface area contributed by atoms with Crippen LogP contribution in [-0.4, -0.2) is 63.1 Å². The number of ether oxygens (including phenoxy) is 1. The molecule has 0 bridgehead atoms. The minimum absolute atomic E-state index is 0.172. The van der Waals surface area contributed by atoms with Crippen molar-refractivity contribution in [1.29, 1.82) is 0 Å². The van der Waals surface area contributed by atoms with Gasteiger partial charge in [-0.1, -0.05) is 18.2 Å². The van der Waals surface area contributed by atoms with Crippen LogP contribution in [0.1, 0.15) is 32.9 Å². The molecule has 1 saturated heterocycles. The Bertz CT molecular complexity index is 1090. The quantitative estimate of drug-likeness (QED) is 0.620. The fourth-order valence-corrected chi connectivity index (χ4v) is 3.62. The summed E-state index contributed by atoms with van der Waals surface area (Å²) >= 11 is 0.